The third kappa shape index (κ3) is 5.77. The van der Waals surface area contributed by atoms with E-state index < -0.39 is 10.0 Å². The van der Waals surface area contributed by atoms with Gasteiger partial charge in [-0.05, 0) is 68.5 Å². The van der Waals surface area contributed by atoms with Crippen LogP contribution < -0.4 is 4.74 Å². The van der Waals surface area contributed by atoms with Crippen molar-refractivity contribution in [3.8, 4) is 11.5 Å². The van der Waals surface area contributed by atoms with Gasteiger partial charge in [-0.25, -0.2) is 8.42 Å². The Balaban J connectivity index is 1.51. The molecule has 1 aliphatic heterocycles. The number of rotatable bonds is 8. The molecule has 2 atom stereocenters. The molecule has 0 saturated heterocycles. The Labute approximate surface area is 211 Å². The van der Waals surface area contributed by atoms with Gasteiger partial charge in [-0.3, -0.25) is 9.79 Å². The molecule has 0 radical (unpaired) electrons. The van der Waals surface area contributed by atoms with Crippen molar-refractivity contribution in [2.24, 2.45) is 4.99 Å². The Bertz CT molecular complexity index is 1240. The van der Waals surface area contributed by atoms with Gasteiger partial charge in [-0.2, -0.15) is 4.31 Å². The van der Waals surface area contributed by atoms with Crippen LogP contribution in [-0.2, 0) is 19.6 Å². The number of dihydropyridines is 1. The first kappa shape index (κ1) is 25.4. The highest BCUT2D eigenvalue weighted by Crippen LogP contribution is 2.37. The lowest BCUT2D eigenvalue weighted by Crippen LogP contribution is -2.41. The van der Waals surface area contributed by atoms with Crippen molar-refractivity contribution >= 4 is 33.8 Å². The van der Waals surface area contributed by atoms with Crippen LogP contribution in [0.5, 0.6) is 11.5 Å². The van der Waals surface area contributed by atoms with Crippen molar-refractivity contribution in [3.05, 3.63) is 64.7 Å². The maximum atomic E-state index is 13.5. The van der Waals surface area contributed by atoms with E-state index in [1.54, 1.807) is 38.4 Å². The minimum absolute atomic E-state index is 0.103. The predicted octanol–water partition coefficient (Wildman–Crippen LogP) is 5.40. The van der Waals surface area contributed by atoms with E-state index in [9.17, 15) is 13.2 Å². The Morgan fingerprint density at radius 1 is 1.20 bits per heavy atom. The molecule has 0 aromatic heterocycles. The number of aliphatic imine (C=N–C) groups is 1. The molecule has 2 aromatic rings. The lowest BCUT2D eigenvalue weighted by molar-refractivity contribution is -0.143. The summed E-state index contributed by atoms with van der Waals surface area (Å²) < 4.78 is 39.2. The molecule has 35 heavy (non-hydrogen) atoms. The molecule has 2 aromatic carbocycles. The van der Waals surface area contributed by atoms with Crippen LogP contribution in [0, 0.1) is 0 Å². The Kier molecular flexibility index (Phi) is 7.94. The quantitative estimate of drug-likeness (QED) is 0.439. The standard InChI is InChI=1S/C26H29ClN2O5S/c1-3-33-26(30)15-19-14-18-8-7-11-24(22(18)17-28-19)29(2)35(31,32)21-12-13-25(23(27)16-21)34-20-9-5-4-6-10-20/h4-6,9-10,12-13,16-17,19,24H,3,7-8,11,14-15H2,1-2H3/t19-,24+/m0/s1. The average molecular weight is 517 g/mol. The maximum absolute atomic E-state index is 13.5. The topological polar surface area (TPSA) is 85.3 Å². The molecule has 0 N–H and O–H groups in total. The number of esters is 1. The van der Waals surface area contributed by atoms with E-state index in [1.165, 1.54) is 16.4 Å². The second-order valence-corrected chi connectivity index (χ2v) is 11.0. The Morgan fingerprint density at radius 2 is 1.97 bits per heavy atom. The largest absolute Gasteiger partial charge is 0.466 e. The third-order valence-electron chi connectivity index (χ3n) is 6.33. The smallest absolute Gasteiger partial charge is 0.307 e. The van der Waals surface area contributed by atoms with Gasteiger partial charge >= 0.3 is 5.97 Å². The molecule has 0 bridgehead atoms. The summed E-state index contributed by atoms with van der Waals surface area (Å²) in [7, 11) is -2.22. The van der Waals surface area contributed by atoms with Gasteiger partial charge in [0, 0.05) is 13.3 Å². The zero-order valence-electron chi connectivity index (χ0n) is 19.8. The minimum Gasteiger partial charge on any atom is -0.466 e. The highest BCUT2D eigenvalue weighted by molar-refractivity contribution is 7.89. The number of hydrogen-bond acceptors (Lipinski definition) is 6. The number of carbonyl (C=O) groups excluding carboxylic acids is 1. The first-order valence-corrected chi connectivity index (χ1v) is 13.5. The summed E-state index contributed by atoms with van der Waals surface area (Å²) in [6.45, 7) is 2.12. The highest BCUT2D eigenvalue weighted by atomic mass is 35.5. The first-order chi connectivity index (χ1) is 16.8. The molecule has 0 spiro atoms. The third-order valence-corrected chi connectivity index (χ3v) is 8.49. The van der Waals surface area contributed by atoms with Gasteiger partial charge < -0.3 is 9.47 Å². The van der Waals surface area contributed by atoms with Crippen molar-refractivity contribution in [2.45, 2.75) is 56.0 Å². The number of likely N-dealkylation sites (N-methyl/N-ethyl adjacent to an activating group) is 1. The van der Waals surface area contributed by atoms with Crippen LogP contribution in [0.15, 0.2) is 69.6 Å². The van der Waals surface area contributed by atoms with Crippen molar-refractivity contribution < 1.29 is 22.7 Å². The summed E-state index contributed by atoms with van der Waals surface area (Å²) >= 11 is 6.39. The maximum Gasteiger partial charge on any atom is 0.307 e. The van der Waals surface area contributed by atoms with Gasteiger partial charge in [0.1, 0.15) is 11.5 Å². The van der Waals surface area contributed by atoms with E-state index in [4.69, 9.17) is 21.1 Å². The fourth-order valence-electron chi connectivity index (χ4n) is 4.55. The fourth-order valence-corrected chi connectivity index (χ4v) is 6.23. The lowest BCUT2D eigenvalue weighted by atomic mass is 9.83. The summed E-state index contributed by atoms with van der Waals surface area (Å²) in [5.41, 5.74) is 2.09. The van der Waals surface area contributed by atoms with Gasteiger partial charge in [-0.1, -0.05) is 35.4 Å². The first-order valence-electron chi connectivity index (χ1n) is 11.7. The number of nitrogens with zero attached hydrogens (tertiary/aromatic N) is 2. The number of ether oxygens (including phenoxy) is 2. The number of para-hydroxylation sites is 1. The molecule has 0 unspecified atom stereocenters. The Hall–Kier alpha value is -2.68. The lowest BCUT2D eigenvalue weighted by Gasteiger charge is -2.35. The summed E-state index contributed by atoms with van der Waals surface area (Å²) in [6, 6.07) is 13.2. The summed E-state index contributed by atoms with van der Waals surface area (Å²) in [5, 5.41) is 0.216. The van der Waals surface area contributed by atoms with Crippen LogP contribution in [0.2, 0.25) is 5.02 Å². The molecular weight excluding hydrogens is 488 g/mol. The molecule has 4 rings (SSSR count). The second-order valence-electron chi connectivity index (χ2n) is 8.64. The number of benzene rings is 2. The predicted molar refractivity (Wildman–Crippen MR) is 136 cm³/mol. The average Bonchev–Trinajstić information content (AvgIpc) is 2.85. The van der Waals surface area contributed by atoms with Gasteiger partial charge in [-0.15, -0.1) is 0 Å². The van der Waals surface area contributed by atoms with Gasteiger partial charge in [0.15, 0.2) is 0 Å². The van der Waals surface area contributed by atoms with Gasteiger partial charge in [0.25, 0.3) is 0 Å². The van der Waals surface area contributed by atoms with Crippen molar-refractivity contribution in [3.63, 3.8) is 0 Å². The highest BCUT2D eigenvalue weighted by Gasteiger charge is 2.35. The zero-order chi connectivity index (χ0) is 25.0. The second kappa shape index (κ2) is 10.9. The Morgan fingerprint density at radius 3 is 2.69 bits per heavy atom. The SMILES string of the molecule is CCOC(=O)C[C@@H]1CC2=C(C=N1)[C@H](N(C)S(=O)(=O)c1ccc(Oc3ccccc3)c(Cl)c1)CCC2. The number of halogens is 1. The van der Waals surface area contributed by atoms with Crippen LogP contribution >= 0.6 is 11.6 Å². The fraction of sp³-hybridized carbons (Fsp3) is 0.385. The number of hydrogen-bond donors (Lipinski definition) is 0. The number of carbonyl (C=O) groups is 1. The van der Waals surface area contributed by atoms with Crippen LogP contribution in [0.3, 0.4) is 0 Å². The van der Waals surface area contributed by atoms with Crippen LogP contribution in [-0.4, -0.2) is 50.6 Å². The molecule has 1 aliphatic carbocycles. The molecule has 186 valence electrons. The van der Waals surface area contributed by atoms with Crippen molar-refractivity contribution in [2.75, 3.05) is 13.7 Å². The van der Waals surface area contributed by atoms with Crippen LogP contribution in [0.25, 0.3) is 0 Å². The summed E-state index contributed by atoms with van der Waals surface area (Å²) in [5.74, 6) is 0.734. The van der Waals surface area contributed by atoms with E-state index in [2.05, 4.69) is 4.99 Å². The van der Waals surface area contributed by atoms with E-state index in [0.29, 0.717) is 30.9 Å². The van der Waals surface area contributed by atoms with E-state index in [0.717, 1.165) is 24.0 Å². The molecule has 1 heterocycles. The number of sulfonamides is 1. The molecular formula is C26H29ClN2O5S. The monoisotopic (exact) mass is 516 g/mol. The molecule has 0 fully saturated rings. The molecule has 2 aliphatic rings. The normalized spacial score (nSPS) is 20.0. The van der Waals surface area contributed by atoms with E-state index >= 15 is 0 Å². The molecule has 9 heteroatoms. The van der Waals surface area contributed by atoms with E-state index in [1.807, 2.05) is 18.2 Å². The zero-order valence-corrected chi connectivity index (χ0v) is 21.4. The summed E-state index contributed by atoms with van der Waals surface area (Å²) in [6.07, 6.45) is 5.08. The minimum atomic E-state index is -3.82. The molecule has 7 nitrogen and oxygen atoms in total. The summed E-state index contributed by atoms with van der Waals surface area (Å²) in [4.78, 5) is 16.5. The van der Waals surface area contributed by atoms with Gasteiger partial charge in [0.2, 0.25) is 10.0 Å². The van der Waals surface area contributed by atoms with E-state index in [-0.39, 0.29) is 34.4 Å². The molecule has 0 saturated carbocycles. The van der Waals surface area contributed by atoms with Crippen LogP contribution in [0.1, 0.15) is 39.0 Å². The van der Waals surface area contributed by atoms with Crippen LogP contribution in [0.4, 0.5) is 0 Å². The molecule has 0 amide bonds. The van der Waals surface area contributed by atoms with Crippen molar-refractivity contribution in [1.82, 2.24) is 4.31 Å². The van der Waals surface area contributed by atoms with Crippen molar-refractivity contribution in [1.29, 1.82) is 0 Å². The van der Waals surface area contributed by atoms with Gasteiger partial charge in [0.05, 0.1) is 35.0 Å².